The Bertz CT molecular complexity index is 517. The third-order valence-electron chi connectivity index (χ3n) is 2.92. The molecule has 2 nitrogen and oxygen atoms in total. The Labute approximate surface area is 115 Å². The van der Waals surface area contributed by atoms with Crippen molar-refractivity contribution in [1.29, 1.82) is 0 Å². The highest BCUT2D eigenvalue weighted by Gasteiger charge is 2.04. The van der Waals surface area contributed by atoms with Gasteiger partial charge in [0.25, 0.3) is 0 Å². The lowest BCUT2D eigenvalue weighted by atomic mass is 9.99. The fourth-order valence-corrected chi connectivity index (χ4v) is 2.13. The van der Waals surface area contributed by atoms with Crippen molar-refractivity contribution in [2.75, 3.05) is 7.05 Å². The van der Waals surface area contributed by atoms with Gasteiger partial charge < -0.3 is 10.1 Å². The number of hydrogen-bond donors (Lipinski definition) is 1. The van der Waals surface area contributed by atoms with Crippen molar-refractivity contribution in [2.45, 2.75) is 26.5 Å². The van der Waals surface area contributed by atoms with Crippen LogP contribution in [-0.4, -0.2) is 13.2 Å². The number of nitrogens with one attached hydrogen (secondary N) is 1. The average molecular weight is 255 g/mol. The lowest BCUT2D eigenvalue weighted by Crippen LogP contribution is -2.06. The van der Waals surface area contributed by atoms with Crippen molar-refractivity contribution in [3.05, 3.63) is 54.1 Å². The van der Waals surface area contributed by atoms with E-state index in [1.54, 1.807) is 0 Å². The second-order valence-electron chi connectivity index (χ2n) is 4.88. The normalized spacial score (nSPS) is 10.7. The number of benzene rings is 2. The van der Waals surface area contributed by atoms with Crippen LogP contribution in [0.5, 0.6) is 5.75 Å². The van der Waals surface area contributed by atoms with Crippen LogP contribution >= 0.6 is 0 Å². The predicted molar refractivity (Wildman–Crippen MR) is 80.4 cm³/mol. The van der Waals surface area contributed by atoms with Crippen LogP contribution in [0.1, 0.15) is 19.4 Å². The fraction of sp³-hybridized carbons (Fsp3) is 0.294. The molecule has 0 aliphatic heterocycles. The van der Waals surface area contributed by atoms with Crippen LogP contribution < -0.4 is 10.1 Å². The Morgan fingerprint density at radius 2 is 1.68 bits per heavy atom. The van der Waals surface area contributed by atoms with Crippen LogP contribution in [0.3, 0.4) is 0 Å². The molecule has 0 spiro atoms. The first-order valence-corrected chi connectivity index (χ1v) is 6.70. The average Bonchev–Trinajstić information content (AvgIpc) is 2.40. The second-order valence-corrected chi connectivity index (χ2v) is 4.88. The largest absolute Gasteiger partial charge is 0.491 e. The van der Waals surface area contributed by atoms with Crippen LogP contribution in [0.15, 0.2) is 48.5 Å². The molecule has 0 heterocycles. The minimum absolute atomic E-state index is 0.211. The molecule has 100 valence electrons. The maximum atomic E-state index is 5.67. The predicted octanol–water partition coefficient (Wildman–Crippen LogP) is 3.86. The fourth-order valence-electron chi connectivity index (χ4n) is 2.13. The summed E-state index contributed by atoms with van der Waals surface area (Å²) in [6.45, 7) is 4.95. The highest BCUT2D eigenvalue weighted by Crippen LogP contribution is 2.26. The zero-order chi connectivity index (χ0) is 13.7. The molecule has 0 fully saturated rings. The van der Waals surface area contributed by atoms with E-state index < -0.39 is 0 Å². The summed E-state index contributed by atoms with van der Waals surface area (Å²) in [7, 11) is 1.97. The molecule has 0 unspecified atom stereocenters. The van der Waals surface area contributed by atoms with Gasteiger partial charge in [0.15, 0.2) is 0 Å². The molecule has 0 atom stereocenters. The van der Waals surface area contributed by atoms with Gasteiger partial charge in [-0.05, 0) is 49.7 Å². The van der Waals surface area contributed by atoms with Gasteiger partial charge in [-0.2, -0.15) is 0 Å². The molecule has 2 heteroatoms. The van der Waals surface area contributed by atoms with Gasteiger partial charge in [-0.1, -0.05) is 36.4 Å². The van der Waals surface area contributed by atoms with Crippen LogP contribution in [0, 0.1) is 0 Å². The van der Waals surface area contributed by atoms with Gasteiger partial charge in [-0.25, -0.2) is 0 Å². The van der Waals surface area contributed by atoms with Gasteiger partial charge in [0, 0.05) is 6.54 Å². The zero-order valence-corrected chi connectivity index (χ0v) is 11.8. The molecule has 0 amide bonds. The molecule has 0 saturated heterocycles. The van der Waals surface area contributed by atoms with E-state index in [0.717, 1.165) is 12.3 Å². The maximum Gasteiger partial charge on any atom is 0.119 e. The van der Waals surface area contributed by atoms with Gasteiger partial charge >= 0.3 is 0 Å². The molecule has 0 aliphatic carbocycles. The molecule has 19 heavy (non-hydrogen) atoms. The second kappa shape index (κ2) is 6.39. The summed E-state index contributed by atoms with van der Waals surface area (Å²) in [5.74, 6) is 0.921. The van der Waals surface area contributed by atoms with E-state index in [0.29, 0.717) is 0 Å². The smallest absolute Gasteiger partial charge is 0.119 e. The first-order valence-electron chi connectivity index (χ1n) is 6.70. The Morgan fingerprint density at radius 3 is 2.32 bits per heavy atom. The zero-order valence-electron chi connectivity index (χ0n) is 11.8. The molecule has 2 aromatic rings. The Kier molecular flexibility index (Phi) is 4.58. The summed E-state index contributed by atoms with van der Waals surface area (Å²) in [5.41, 5.74) is 3.80. The van der Waals surface area contributed by atoms with E-state index in [-0.39, 0.29) is 6.10 Å². The number of ether oxygens (including phenoxy) is 1. The maximum absolute atomic E-state index is 5.67. The molecular weight excluding hydrogens is 234 g/mol. The minimum Gasteiger partial charge on any atom is -0.491 e. The summed E-state index contributed by atoms with van der Waals surface area (Å²) < 4.78 is 5.67. The van der Waals surface area contributed by atoms with E-state index in [1.807, 2.05) is 33.0 Å². The molecule has 0 radical (unpaired) electrons. The van der Waals surface area contributed by atoms with Crippen LogP contribution in [0.25, 0.3) is 11.1 Å². The van der Waals surface area contributed by atoms with Crippen molar-refractivity contribution >= 4 is 0 Å². The summed E-state index contributed by atoms with van der Waals surface area (Å²) in [6, 6.07) is 16.8. The van der Waals surface area contributed by atoms with Crippen molar-refractivity contribution in [1.82, 2.24) is 5.32 Å². The third-order valence-corrected chi connectivity index (χ3v) is 2.92. The SMILES string of the molecule is CNCc1ccccc1-c1ccc(OC(C)C)cc1. The molecule has 2 aromatic carbocycles. The van der Waals surface area contributed by atoms with Crippen molar-refractivity contribution in [3.63, 3.8) is 0 Å². The number of hydrogen-bond acceptors (Lipinski definition) is 2. The van der Waals surface area contributed by atoms with Crippen molar-refractivity contribution < 1.29 is 4.74 Å². The van der Waals surface area contributed by atoms with E-state index >= 15 is 0 Å². The molecule has 0 aliphatic rings. The van der Waals surface area contributed by atoms with Gasteiger partial charge in [-0.15, -0.1) is 0 Å². The highest BCUT2D eigenvalue weighted by molar-refractivity contribution is 5.67. The summed E-state index contributed by atoms with van der Waals surface area (Å²) in [4.78, 5) is 0. The van der Waals surface area contributed by atoms with Gasteiger partial charge in [0.2, 0.25) is 0 Å². The van der Waals surface area contributed by atoms with Gasteiger partial charge in [-0.3, -0.25) is 0 Å². The first kappa shape index (κ1) is 13.6. The van der Waals surface area contributed by atoms with Crippen LogP contribution in [0.4, 0.5) is 0 Å². The summed E-state index contributed by atoms with van der Waals surface area (Å²) >= 11 is 0. The van der Waals surface area contributed by atoms with Crippen LogP contribution in [-0.2, 0) is 6.54 Å². The van der Waals surface area contributed by atoms with E-state index in [2.05, 4.69) is 41.7 Å². The Morgan fingerprint density at radius 1 is 1.00 bits per heavy atom. The molecular formula is C17H21NO. The Hall–Kier alpha value is -1.80. The quantitative estimate of drug-likeness (QED) is 0.876. The van der Waals surface area contributed by atoms with Crippen LogP contribution in [0.2, 0.25) is 0 Å². The van der Waals surface area contributed by atoms with Crippen molar-refractivity contribution in [2.24, 2.45) is 0 Å². The molecule has 0 aromatic heterocycles. The van der Waals surface area contributed by atoms with Crippen molar-refractivity contribution in [3.8, 4) is 16.9 Å². The first-order chi connectivity index (χ1) is 9.20. The molecule has 0 saturated carbocycles. The number of rotatable bonds is 5. The highest BCUT2D eigenvalue weighted by atomic mass is 16.5. The molecule has 1 N–H and O–H groups in total. The third kappa shape index (κ3) is 3.58. The summed E-state index contributed by atoms with van der Waals surface area (Å²) in [5, 5.41) is 3.21. The Balaban J connectivity index is 2.27. The lowest BCUT2D eigenvalue weighted by molar-refractivity contribution is 0.242. The standard InChI is InChI=1S/C17H21NO/c1-13(2)19-16-10-8-14(9-11-16)17-7-5-4-6-15(17)12-18-3/h4-11,13,18H,12H2,1-3H3. The monoisotopic (exact) mass is 255 g/mol. The summed E-state index contributed by atoms with van der Waals surface area (Å²) in [6.07, 6.45) is 0.211. The minimum atomic E-state index is 0.211. The van der Waals surface area contributed by atoms with E-state index in [4.69, 9.17) is 4.74 Å². The lowest BCUT2D eigenvalue weighted by Gasteiger charge is -2.12. The van der Waals surface area contributed by atoms with E-state index in [9.17, 15) is 0 Å². The topological polar surface area (TPSA) is 21.3 Å². The molecule has 0 bridgehead atoms. The van der Waals surface area contributed by atoms with E-state index in [1.165, 1.54) is 16.7 Å². The van der Waals surface area contributed by atoms with Gasteiger partial charge in [0.1, 0.15) is 5.75 Å². The van der Waals surface area contributed by atoms with Gasteiger partial charge in [0.05, 0.1) is 6.10 Å². The molecule has 2 rings (SSSR count).